The Balaban J connectivity index is 0.000000285. The van der Waals surface area contributed by atoms with Crippen molar-refractivity contribution in [3.05, 3.63) is 169 Å². The maximum absolute atomic E-state index is 9.18. The van der Waals surface area contributed by atoms with Gasteiger partial charge in [-0.15, -0.1) is 19.4 Å². The highest BCUT2D eigenvalue weighted by Gasteiger charge is 2.42. The first kappa shape index (κ1) is 59.4. The highest BCUT2D eigenvalue weighted by atomic mass is 16.5. The van der Waals surface area contributed by atoms with Crippen molar-refractivity contribution in [1.82, 2.24) is 0 Å². The highest BCUT2D eigenvalue weighted by Crippen LogP contribution is 2.51. The summed E-state index contributed by atoms with van der Waals surface area (Å²) in [5.74, 6) is 7.82. The first-order chi connectivity index (χ1) is 34.2. The Morgan fingerprint density at radius 3 is 1.62 bits per heavy atom. The molecule has 1 aliphatic carbocycles. The van der Waals surface area contributed by atoms with Gasteiger partial charge in [-0.2, -0.15) is 5.26 Å². The highest BCUT2D eigenvalue weighted by molar-refractivity contribution is 5.69. The van der Waals surface area contributed by atoms with E-state index in [0.29, 0.717) is 11.3 Å². The molecule has 0 spiro atoms. The normalized spacial score (nSPS) is 14.6. The van der Waals surface area contributed by atoms with Gasteiger partial charge in [0, 0.05) is 17.0 Å². The SMILES string of the molecule is C#CC(C)(C)Oc1cc(CCCCC)cc(C)c1C=C(C#N)C=C.[C-]#[N+]C(C=C)=Cc1c(C)cc(CCCCC)cc1OC(C)(C)C#C.[C-]#[N+]C1=CCC=C2C1c1c(C)cc(CCCCC)cc1OC2(C)C. The maximum atomic E-state index is 9.18. The molecule has 0 radical (unpaired) electrons. The molecule has 378 valence electrons. The summed E-state index contributed by atoms with van der Waals surface area (Å²) in [5.41, 5.74) is 11.5. The summed E-state index contributed by atoms with van der Waals surface area (Å²) in [6.07, 6.45) is 37.0. The molecule has 6 nitrogen and oxygen atoms in total. The van der Waals surface area contributed by atoms with Crippen molar-refractivity contribution < 1.29 is 14.2 Å². The molecular formula is C66H81N3O3. The lowest BCUT2D eigenvalue weighted by Crippen LogP contribution is -2.39. The fourth-order valence-corrected chi connectivity index (χ4v) is 8.91. The molecule has 0 amide bonds. The van der Waals surface area contributed by atoms with Crippen molar-refractivity contribution in [2.75, 3.05) is 0 Å². The molecule has 3 aromatic carbocycles. The Labute approximate surface area is 436 Å². The zero-order valence-corrected chi connectivity index (χ0v) is 45.8. The Bertz CT molecular complexity index is 2610. The van der Waals surface area contributed by atoms with E-state index in [1.807, 2.05) is 53.7 Å². The quantitative estimate of drug-likeness (QED) is 0.0283. The van der Waals surface area contributed by atoms with E-state index >= 15 is 0 Å². The molecule has 3 aromatic rings. The number of rotatable bonds is 20. The number of aryl methyl sites for hydroxylation is 6. The van der Waals surface area contributed by atoms with Crippen molar-refractivity contribution >= 4 is 12.2 Å². The fourth-order valence-electron chi connectivity index (χ4n) is 8.91. The summed E-state index contributed by atoms with van der Waals surface area (Å²) in [7, 11) is 0. The second-order valence-corrected chi connectivity index (χ2v) is 20.3. The standard InChI is InChI=1S/3C22H27NO/c1-6-7-8-10-16-13-15(2)20-19(14-16)24-22(3,4)17-11-9-12-18(23-5)21(17)20;1-8-11-12-13-18-14-17(4)20(16-19(9-2)23-7)21(15-18)24-22(5,6)10-3;1-7-10-11-12-19-13-17(4)20(14-18(8-2)16-23)21(15-19)24-22(5,6)9-3/h11-14,21H,6-10H2,1-4H3;3,9,14-16H,2,8,11-13H2,1,4-6H3;3,8,13-15H,2,7,10-12H2,1,4-6H3. The Morgan fingerprint density at radius 1 is 0.736 bits per heavy atom. The number of ether oxygens (including phenoxy) is 3. The molecule has 6 heteroatoms. The molecule has 0 fully saturated rings. The summed E-state index contributed by atoms with van der Waals surface area (Å²) in [6, 6.07) is 15.1. The number of hydrogen-bond acceptors (Lipinski definition) is 4. The number of nitriles is 1. The van der Waals surface area contributed by atoms with Crippen LogP contribution >= 0.6 is 0 Å². The monoisotopic (exact) mass is 964 g/mol. The molecule has 2 aliphatic rings. The molecule has 72 heavy (non-hydrogen) atoms. The molecule has 1 aliphatic heterocycles. The predicted octanol–water partition coefficient (Wildman–Crippen LogP) is 17.7. The third kappa shape index (κ3) is 17.1. The average Bonchev–Trinajstić information content (AvgIpc) is 3.34. The van der Waals surface area contributed by atoms with Gasteiger partial charge in [0.1, 0.15) is 22.8 Å². The van der Waals surface area contributed by atoms with Crippen LogP contribution in [0.25, 0.3) is 21.8 Å². The van der Waals surface area contributed by atoms with E-state index in [4.69, 9.17) is 40.2 Å². The van der Waals surface area contributed by atoms with Crippen molar-refractivity contribution in [3.8, 4) is 48.0 Å². The summed E-state index contributed by atoms with van der Waals surface area (Å²) >= 11 is 0. The van der Waals surface area contributed by atoms with E-state index in [1.165, 1.54) is 78.3 Å². The Hall–Kier alpha value is -6.91. The molecule has 1 heterocycles. The van der Waals surface area contributed by atoms with Crippen molar-refractivity contribution in [3.63, 3.8) is 0 Å². The van der Waals surface area contributed by atoms with Gasteiger partial charge in [0.15, 0.2) is 22.6 Å². The van der Waals surface area contributed by atoms with Gasteiger partial charge in [0.25, 0.3) is 0 Å². The van der Waals surface area contributed by atoms with Crippen LogP contribution < -0.4 is 14.2 Å². The second kappa shape index (κ2) is 28.2. The van der Waals surface area contributed by atoms with Crippen LogP contribution in [0, 0.1) is 69.9 Å². The van der Waals surface area contributed by atoms with E-state index in [2.05, 4.69) is 125 Å². The average molecular weight is 964 g/mol. The van der Waals surface area contributed by atoms with Crippen LogP contribution in [0.3, 0.4) is 0 Å². The Morgan fingerprint density at radius 2 is 1.21 bits per heavy atom. The number of hydrogen-bond donors (Lipinski definition) is 0. The Kier molecular flexibility index (Phi) is 23.3. The van der Waals surface area contributed by atoms with Crippen LogP contribution in [0.1, 0.15) is 183 Å². The first-order valence-electron chi connectivity index (χ1n) is 25.9. The summed E-state index contributed by atoms with van der Waals surface area (Å²) in [6.45, 7) is 46.8. The van der Waals surface area contributed by atoms with Crippen molar-refractivity contribution in [2.24, 2.45) is 0 Å². The van der Waals surface area contributed by atoms with Gasteiger partial charge in [-0.3, -0.25) is 0 Å². The molecule has 1 unspecified atom stereocenters. The van der Waals surface area contributed by atoms with Crippen LogP contribution in [-0.4, -0.2) is 16.8 Å². The van der Waals surface area contributed by atoms with Gasteiger partial charge in [0.05, 0.1) is 24.8 Å². The largest absolute Gasteiger partial charge is 0.483 e. The molecule has 0 N–H and O–H groups in total. The topological polar surface area (TPSA) is 60.2 Å². The van der Waals surface area contributed by atoms with Gasteiger partial charge in [-0.05, 0) is 182 Å². The second-order valence-electron chi connectivity index (χ2n) is 20.3. The minimum Gasteiger partial charge on any atom is -0.483 e. The third-order valence-electron chi connectivity index (χ3n) is 12.9. The van der Waals surface area contributed by atoms with Crippen LogP contribution in [0.5, 0.6) is 17.2 Å². The number of allylic oxidation sites excluding steroid dienone is 6. The summed E-state index contributed by atoms with van der Waals surface area (Å²) < 4.78 is 18.6. The van der Waals surface area contributed by atoms with Crippen LogP contribution in [0.15, 0.2) is 96.4 Å². The van der Waals surface area contributed by atoms with Crippen LogP contribution in [0.4, 0.5) is 0 Å². The summed E-state index contributed by atoms with van der Waals surface area (Å²) in [4.78, 5) is 7.32. The smallest absolute Gasteiger partial charge is 0.187 e. The number of benzene rings is 3. The van der Waals surface area contributed by atoms with E-state index < -0.39 is 11.2 Å². The molecule has 0 saturated heterocycles. The van der Waals surface area contributed by atoms with E-state index in [-0.39, 0.29) is 11.5 Å². The maximum Gasteiger partial charge on any atom is 0.187 e. The zero-order valence-electron chi connectivity index (χ0n) is 45.8. The van der Waals surface area contributed by atoms with Gasteiger partial charge < -0.3 is 14.2 Å². The van der Waals surface area contributed by atoms with Crippen molar-refractivity contribution in [2.45, 2.75) is 189 Å². The first-order valence-corrected chi connectivity index (χ1v) is 25.9. The zero-order chi connectivity index (χ0) is 53.6. The molecule has 5 rings (SSSR count). The number of nitrogens with zero attached hydrogens (tertiary/aromatic N) is 3. The van der Waals surface area contributed by atoms with Gasteiger partial charge in [0.2, 0.25) is 0 Å². The molecule has 0 aromatic heterocycles. The van der Waals surface area contributed by atoms with E-state index in [1.54, 1.807) is 18.2 Å². The molecular weight excluding hydrogens is 883 g/mol. The van der Waals surface area contributed by atoms with Gasteiger partial charge in [-0.25, -0.2) is 9.69 Å². The molecule has 1 atom stereocenters. The number of unbranched alkanes of at least 4 members (excludes halogenated alkanes) is 6. The molecule has 0 bridgehead atoms. The predicted molar refractivity (Wildman–Crippen MR) is 304 cm³/mol. The van der Waals surface area contributed by atoms with Gasteiger partial charge in [-0.1, -0.05) is 120 Å². The third-order valence-corrected chi connectivity index (χ3v) is 12.9. The minimum absolute atomic E-state index is 0.0692. The molecule has 0 saturated carbocycles. The van der Waals surface area contributed by atoms with E-state index in [9.17, 15) is 5.26 Å². The van der Waals surface area contributed by atoms with Crippen LogP contribution in [0.2, 0.25) is 0 Å². The van der Waals surface area contributed by atoms with E-state index in [0.717, 1.165) is 83.7 Å². The number of fused-ring (bicyclic) bond motifs is 3. The lowest BCUT2D eigenvalue weighted by molar-refractivity contribution is 0.127. The summed E-state index contributed by atoms with van der Waals surface area (Å²) in [5, 5.41) is 9.18. The van der Waals surface area contributed by atoms with Crippen molar-refractivity contribution in [1.29, 1.82) is 5.26 Å². The number of terminal acetylenes is 2. The fraction of sp³-hybridized carbons (Fsp3) is 0.439. The van der Waals surface area contributed by atoms with Crippen LogP contribution in [-0.2, 0) is 19.3 Å². The minimum atomic E-state index is -0.710. The lowest BCUT2D eigenvalue weighted by atomic mass is 9.73. The van der Waals surface area contributed by atoms with Gasteiger partial charge >= 0.3 is 0 Å². The lowest BCUT2D eigenvalue weighted by Gasteiger charge is -2.42.